The minimum atomic E-state index is -0.163. The number of hydrogen-bond acceptors (Lipinski definition) is 3. The predicted molar refractivity (Wildman–Crippen MR) is 116 cm³/mol. The number of amides is 2. The van der Waals surface area contributed by atoms with Crippen molar-refractivity contribution in [3.8, 4) is 0 Å². The van der Waals surface area contributed by atoms with Crippen molar-refractivity contribution in [3.63, 3.8) is 0 Å². The normalized spacial score (nSPS) is 13.1. The van der Waals surface area contributed by atoms with Gasteiger partial charge in [0.25, 0.3) is 11.8 Å². The molecule has 156 valence electrons. The molecule has 0 saturated heterocycles. The standard InChI is InChI=1S/C23H32N4O2/c1-4-6-8-14-24-22(28)20-19-13-7-9-15-27(19)21(25-20)23(29)26(5-2)18-12-10-11-17(3)16-18/h10-12,16H,4-9,13-15H2,1-3H3,(H,24,28). The first-order chi connectivity index (χ1) is 14.1. The van der Waals surface area contributed by atoms with Crippen LogP contribution in [0.2, 0.25) is 0 Å². The number of carbonyl (C=O) groups is 2. The van der Waals surface area contributed by atoms with Crippen molar-refractivity contribution in [3.05, 3.63) is 47.0 Å². The molecular formula is C23H32N4O2. The molecule has 0 bridgehead atoms. The van der Waals surface area contributed by atoms with Crippen LogP contribution in [0, 0.1) is 6.92 Å². The minimum Gasteiger partial charge on any atom is -0.351 e. The average molecular weight is 397 g/mol. The first kappa shape index (κ1) is 21.1. The molecule has 29 heavy (non-hydrogen) atoms. The SMILES string of the molecule is CCCCCNC(=O)c1nc(C(=O)N(CC)c2cccc(C)c2)n2c1CCCC2. The summed E-state index contributed by atoms with van der Waals surface area (Å²) < 4.78 is 1.96. The van der Waals surface area contributed by atoms with Crippen molar-refractivity contribution in [2.75, 3.05) is 18.0 Å². The number of nitrogens with one attached hydrogen (secondary N) is 1. The summed E-state index contributed by atoms with van der Waals surface area (Å²) in [4.78, 5) is 32.5. The third kappa shape index (κ3) is 4.69. The fourth-order valence-corrected chi connectivity index (χ4v) is 3.91. The largest absolute Gasteiger partial charge is 0.351 e. The molecule has 1 aromatic heterocycles. The molecule has 1 N–H and O–H groups in total. The fraction of sp³-hybridized carbons (Fsp3) is 0.522. The van der Waals surface area contributed by atoms with E-state index in [0.29, 0.717) is 24.6 Å². The highest BCUT2D eigenvalue weighted by molar-refractivity contribution is 6.05. The first-order valence-electron chi connectivity index (χ1n) is 10.8. The monoisotopic (exact) mass is 396 g/mol. The zero-order chi connectivity index (χ0) is 20.8. The van der Waals surface area contributed by atoms with Crippen molar-refractivity contribution in [2.45, 2.75) is 65.8 Å². The van der Waals surface area contributed by atoms with Crippen LogP contribution in [0.3, 0.4) is 0 Å². The first-order valence-corrected chi connectivity index (χ1v) is 10.8. The molecule has 0 aliphatic carbocycles. The van der Waals surface area contributed by atoms with E-state index in [1.807, 2.05) is 42.7 Å². The van der Waals surface area contributed by atoms with Crippen molar-refractivity contribution in [1.82, 2.24) is 14.9 Å². The second kappa shape index (κ2) is 9.72. The number of rotatable bonds is 8. The molecule has 0 atom stereocenters. The molecule has 6 nitrogen and oxygen atoms in total. The molecule has 0 spiro atoms. The molecule has 2 aromatic rings. The van der Waals surface area contributed by atoms with E-state index in [0.717, 1.165) is 62.0 Å². The maximum Gasteiger partial charge on any atom is 0.294 e. The molecule has 0 fully saturated rings. The Labute approximate surface area is 173 Å². The smallest absolute Gasteiger partial charge is 0.294 e. The maximum atomic E-state index is 13.4. The summed E-state index contributed by atoms with van der Waals surface area (Å²) in [5.41, 5.74) is 3.28. The lowest BCUT2D eigenvalue weighted by Gasteiger charge is -2.23. The second-order valence-electron chi connectivity index (χ2n) is 7.69. The molecule has 3 rings (SSSR count). The molecule has 6 heteroatoms. The number of anilines is 1. The number of aryl methyl sites for hydroxylation is 1. The van der Waals surface area contributed by atoms with Gasteiger partial charge < -0.3 is 14.8 Å². The van der Waals surface area contributed by atoms with Crippen LogP contribution in [-0.2, 0) is 13.0 Å². The van der Waals surface area contributed by atoms with Crippen LogP contribution in [0.25, 0.3) is 0 Å². The quantitative estimate of drug-likeness (QED) is 0.683. The van der Waals surface area contributed by atoms with Gasteiger partial charge in [-0.1, -0.05) is 31.9 Å². The van der Waals surface area contributed by atoms with E-state index in [1.165, 1.54) is 0 Å². The Morgan fingerprint density at radius 1 is 1.21 bits per heavy atom. The summed E-state index contributed by atoms with van der Waals surface area (Å²) in [6, 6.07) is 7.91. The molecule has 0 saturated carbocycles. The molecule has 0 unspecified atom stereocenters. The Morgan fingerprint density at radius 3 is 2.76 bits per heavy atom. The summed E-state index contributed by atoms with van der Waals surface area (Å²) in [6.45, 7) is 8.04. The van der Waals surface area contributed by atoms with Crippen LogP contribution >= 0.6 is 0 Å². The highest BCUT2D eigenvalue weighted by atomic mass is 16.2. The van der Waals surface area contributed by atoms with E-state index < -0.39 is 0 Å². The molecular weight excluding hydrogens is 364 g/mol. The number of nitrogens with zero attached hydrogens (tertiary/aromatic N) is 3. The van der Waals surface area contributed by atoms with Gasteiger partial charge in [-0.25, -0.2) is 4.98 Å². The van der Waals surface area contributed by atoms with E-state index in [2.05, 4.69) is 17.2 Å². The number of aromatic nitrogens is 2. The van der Waals surface area contributed by atoms with E-state index in [1.54, 1.807) is 4.90 Å². The van der Waals surface area contributed by atoms with Gasteiger partial charge in [0.15, 0.2) is 0 Å². The van der Waals surface area contributed by atoms with Crippen LogP contribution < -0.4 is 10.2 Å². The van der Waals surface area contributed by atoms with Crippen molar-refractivity contribution >= 4 is 17.5 Å². The lowest BCUT2D eigenvalue weighted by Crippen LogP contribution is -2.33. The Kier molecular flexibility index (Phi) is 7.07. The summed E-state index contributed by atoms with van der Waals surface area (Å²) in [5.74, 6) is 0.0671. The zero-order valence-corrected chi connectivity index (χ0v) is 17.8. The van der Waals surface area contributed by atoms with Gasteiger partial charge >= 0.3 is 0 Å². The van der Waals surface area contributed by atoms with Gasteiger partial charge in [0.05, 0.1) is 5.69 Å². The van der Waals surface area contributed by atoms with Gasteiger partial charge in [0.2, 0.25) is 5.82 Å². The number of unbranched alkanes of at least 4 members (excludes halogenated alkanes) is 2. The predicted octanol–water partition coefficient (Wildman–Crippen LogP) is 4.11. The van der Waals surface area contributed by atoms with Crippen molar-refractivity contribution in [2.24, 2.45) is 0 Å². The topological polar surface area (TPSA) is 67.2 Å². The average Bonchev–Trinajstić information content (AvgIpc) is 3.11. The summed E-state index contributed by atoms with van der Waals surface area (Å²) in [7, 11) is 0. The summed E-state index contributed by atoms with van der Waals surface area (Å²) >= 11 is 0. The van der Waals surface area contributed by atoms with E-state index >= 15 is 0 Å². The van der Waals surface area contributed by atoms with Gasteiger partial charge in [0.1, 0.15) is 5.69 Å². The van der Waals surface area contributed by atoms with Crippen LogP contribution in [0.5, 0.6) is 0 Å². The zero-order valence-electron chi connectivity index (χ0n) is 17.8. The van der Waals surface area contributed by atoms with Crippen molar-refractivity contribution < 1.29 is 9.59 Å². The van der Waals surface area contributed by atoms with Crippen LogP contribution in [0.1, 0.15) is 78.3 Å². The van der Waals surface area contributed by atoms with Crippen molar-refractivity contribution in [1.29, 1.82) is 0 Å². The Hall–Kier alpha value is -2.63. The third-order valence-corrected chi connectivity index (χ3v) is 5.46. The van der Waals surface area contributed by atoms with Gasteiger partial charge in [-0.05, 0) is 57.2 Å². The van der Waals surface area contributed by atoms with Crippen LogP contribution in [0.15, 0.2) is 24.3 Å². The number of fused-ring (bicyclic) bond motifs is 1. The number of benzene rings is 1. The molecule has 0 radical (unpaired) electrons. The lowest BCUT2D eigenvalue weighted by molar-refractivity contribution is 0.0947. The highest BCUT2D eigenvalue weighted by Crippen LogP contribution is 2.24. The fourth-order valence-electron chi connectivity index (χ4n) is 3.91. The second-order valence-corrected chi connectivity index (χ2v) is 7.69. The Bertz CT molecular complexity index is 872. The highest BCUT2D eigenvalue weighted by Gasteiger charge is 2.29. The number of carbonyl (C=O) groups excluding carboxylic acids is 2. The molecule has 2 amide bonds. The van der Waals surface area contributed by atoms with Crippen LogP contribution in [0.4, 0.5) is 5.69 Å². The summed E-state index contributed by atoms with van der Waals surface area (Å²) in [6.07, 6.45) is 5.96. The van der Waals surface area contributed by atoms with Gasteiger partial charge in [-0.15, -0.1) is 0 Å². The molecule has 1 aromatic carbocycles. The van der Waals surface area contributed by atoms with Gasteiger partial charge in [-0.2, -0.15) is 0 Å². The molecule has 1 aliphatic heterocycles. The van der Waals surface area contributed by atoms with Gasteiger partial charge in [-0.3, -0.25) is 9.59 Å². The Morgan fingerprint density at radius 2 is 2.03 bits per heavy atom. The van der Waals surface area contributed by atoms with Crippen LogP contribution in [-0.4, -0.2) is 34.5 Å². The van der Waals surface area contributed by atoms with Gasteiger partial charge in [0, 0.05) is 25.3 Å². The van der Waals surface area contributed by atoms with E-state index in [-0.39, 0.29) is 11.8 Å². The third-order valence-electron chi connectivity index (χ3n) is 5.46. The molecule has 2 heterocycles. The number of imidazole rings is 1. The maximum absolute atomic E-state index is 13.4. The Balaban J connectivity index is 1.89. The molecule has 1 aliphatic rings. The summed E-state index contributed by atoms with van der Waals surface area (Å²) in [5, 5.41) is 2.98. The lowest BCUT2D eigenvalue weighted by atomic mass is 10.1. The van der Waals surface area contributed by atoms with E-state index in [4.69, 9.17) is 0 Å². The number of hydrogen-bond donors (Lipinski definition) is 1. The van der Waals surface area contributed by atoms with E-state index in [9.17, 15) is 9.59 Å². The minimum absolute atomic E-state index is 0.147.